The van der Waals surface area contributed by atoms with Gasteiger partial charge in [0, 0.05) is 12.1 Å². The van der Waals surface area contributed by atoms with Crippen molar-refractivity contribution in [1.29, 1.82) is 0 Å². The molecular formula is C15H25F3N2O. The molecule has 1 amide bonds. The molecule has 0 bridgehead atoms. The van der Waals surface area contributed by atoms with Gasteiger partial charge < -0.3 is 10.6 Å². The third-order valence-corrected chi connectivity index (χ3v) is 3.08. The maximum Gasteiger partial charge on any atom is 0.394 e. The first kappa shape index (κ1) is 19.7. The summed E-state index contributed by atoms with van der Waals surface area (Å²) in [6.07, 6.45) is 0.454. The van der Waals surface area contributed by atoms with Crippen LogP contribution in [0.5, 0.6) is 0 Å². The third kappa shape index (κ3) is 8.55. The molecular weight excluding hydrogens is 281 g/mol. The summed E-state index contributed by atoms with van der Waals surface area (Å²) in [5.41, 5.74) is 0.857. The number of halogens is 3. The molecule has 0 spiro atoms. The average molecular weight is 306 g/mol. The summed E-state index contributed by atoms with van der Waals surface area (Å²) in [7, 11) is 1.84. The standard InChI is InChI=1S/C15H25F3N2O/c1-5-13(11(2)10-12(3)15(16,17)18)20-14(21)8-6-7-9-19-4/h5,10,12,19H,6-9H2,1-4H3,(H,20,21)/b11-10-,13-5+. The van der Waals surface area contributed by atoms with E-state index < -0.39 is 12.1 Å². The molecule has 0 aromatic rings. The highest BCUT2D eigenvalue weighted by molar-refractivity contribution is 5.78. The van der Waals surface area contributed by atoms with E-state index in [1.54, 1.807) is 19.9 Å². The van der Waals surface area contributed by atoms with Crippen molar-refractivity contribution < 1.29 is 18.0 Å². The number of amides is 1. The van der Waals surface area contributed by atoms with Crippen molar-refractivity contribution in [2.24, 2.45) is 5.92 Å². The first-order valence-corrected chi connectivity index (χ1v) is 7.08. The molecule has 1 unspecified atom stereocenters. The number of carbonyl (C=O) groups is 1. The van der Waals surface area contributed by atoms with Crippen molar-refractivity contribution in [3.05, 3.63) is 23.4 Å². The minimum absolute atomic E-state index is 0.174. The molecule has 0 aliphatic rings. The summed E-state index contributed by atoms with van der Waals surface area (Å²) in [5.74, 6) is -1.72. The first-order chi connectivity index (χ1) is 9.72. The number of hydrogen-bond donors (Lipinski definition) is 2. The Kier molecular flexibility index (Phi) is 9.01. The number of carbonyl (C=O) groups excluding carboxylic acids is 1. The average Bonchev–Trinajstić information content (AvgIpc) is 2.39. The lowest BCUT2D eigenvalue weighted by Gasteiger charge is -2.15. The van der Waals surface area contributed by atoms with Crippen molar-refractivity contribution in [1.82, 2.24) is 10.6 Å². The molecule has 1 atom stereocenters. The molecule has 122 valence electrons. The molecule has 21 heavy (non-hydrogen) atoms. The van der Waals surface area contributed by atoms with E-state index in [0.717, 1.165) is 32.4 Å². The number of unbranched alkanes of at least 4 members (excludes halogenated alkanes) is 1. The predicted molar refractivity (Wildman–Crippen MR) is 78.7 cm³/mol. The quantitative estimate of drug-likeness (QED) is 0.532. The molecule has 0 aliphatic heterocycles. The van der Waals surface area contributed by atoms with E-state index in [2.05, 4.69) is 10.6 Å². The van der Waals surface area contributed by atoms with Crippen molar-refractivity contribution in [3.8, 4) is 0 Å². The molecule has 0 saturated heterocycles. The molecule has 0 rings (SSSR count). The Hall–Kier alpha value is -1.30. The highest BCUT2D eigenvalue weighted by Crippen LogP contribution is 2.28. The largest absolute Gasteiger partial charge is 0.394 e. The van der Waals surface area contributed by atoms with Gasteiger partial charge in [0.25, 0.3) is 0 Å². The summed E-state index contributed by atoms with van der Waals surface area (Å²) in [6, 6.07) is 0. The topological polar surface area (TPSA) is 41.1 Å². The van der Waals surface area contributed by atoms with Gasteiger partial charge in [-0.25, -0.2) is 0 Å². The number of allylic oxidation sites excluding steroid dienone is 3. The lowest BCUT2D eigenvalue weighted by atomic mass is 10.1. The molecule has 0 saturated carbocycles. The van der Waals surface area contributed by atoms with Gasteiger partial charge in [-0.15, -0.1) is 0 Å². The van der Waals surface area contributed by atoms with E-state index in [4.69, 9.17) is 0 Å². The summed E-state index contributed by atoms with van der Waals surface area (Å²) < 4.78 is 37.6. The van der Waals surface area contributed by atoms with Crippen molar-refractivity contribution in [2.45, 2.75) is 46.2 Å². The maximum absolute atomic E-state index is 12.5. The van der Waals surface area contributed by atoms with Crippen LogP contribution in [0, 0.1) is 5.92 Å². The Morgan fingerprint density at radius 1 is 1.29 bits per heavy atom. The van der Waals surface area contributed by atoms with E-state index in [1.165, 1.54) is 0 Å². The first-order valence-electron chi connectivity index (χ1n) is 7.08. The fourth-order valence-electron chi connectivity index (χ4n) is 1.76. The lowest BCUT2D eigenvalue weighted by molar-refractivity contribution is -0.156. The van der Waals surface area contributed by atoms with Crippen LogP contribution in [0.2, 0.25) is 0 Å². The van der Waals surface area contributed by atoms with E-state index >= 15 is 0 Å². The van der Waals surface area contributed by atoms with E-state index in [0.29, 0.717) is 17.7 Å². The summed E-state index contributed by atoms with van der Waals surface area (Å²) in [5, 5.41) is 5.65. The van der Waals surface area contributed by atoms with Gasteiger partial charge in [-0.3, -0.25) is 4.79 Å². The zero-order valence-corrected chi connectivity index (χ0v) is 13.1. The van der Waals surface area contributed by atoms with Gasteiger partial charge in [0.2, 0.25) is 5.91 Å². The third-order valence-electron chi connectivity index (χ3n) is 3.08. The van der Waals surface area contributed by atoms with E-state index in [1.807, 2.05) is 7.05 Å². The molecule has 0 radical (unpaired) electrons. The monoisotopic (exact) mass is 306 g/mol. The van der Waals surface area contributed by atoms with Gasteiger partial charge in [-0.2, -0.15) is 13.2 Å². The molecule has 6 heteroatoms. The minimum atomic E-state index is -4.27. The van der Waals surface area contributed by atoms with Crippen LogP contribution in [0.15, 0.2) is 23.4 Å². The Labute approximate surface area is 124 Å². The van der Waals surface area contributed by atoms with Crippen LogP contribution < -0.4 is 10.6 Å². The van der Waals surface area contributed by atoms with Gasteiger partial charge in [0.1, 0.15) is 0 Å². The smallest absolute Gasteiger partial charge is 0.326 e. The number of alkyl halides is 3. The van der Waals surface area contributed by atoms with Gasteiger partial charge in [-0.1, -0.05) is 19.1 Å². The number of hydrogen-bond acceptors (Lipinski definition) is 2. The molecule has 3 nitrogen and oxygen atoms in total. The van der Waals surface area contributed by atoms with Gasteiger partial charge in [0.15, 0.2) is 0 Å². The van der Waals surface area contributed by atoms with Crippen LogP contribution in [0.1, 0.15) is 40.0 Å². The van der Waals surface area contributed by atoms with Crippen molar-refractivity contribution in [3.63, 3.8) is 0 Å². The van der Waals surface area contributed by atoms with Crippen LogP contribution in [-0.2, 0) is 4.79 Å². The number of nitrogens with one attached hydrogen (secondary N) is 2. The van der Waals surface area contributed by atoms with Crippen LogP contribution >= 0.6 is 0 Å². The molecule has 2 N–H and O–H groups in total. The zero-order valence-electron chi connectivity index (χ0n) is 13.1. The lowest BCUT2D eigenvalue weighted by Crippen LogP contribution is -2.24. The van der Waals surface area contributed by atoms with Crippen molar-refractivity contribution >= 4 is 5.91 Å². The van der Waals surface area contributed by atoms with E-state index in [9.17, 15) is 18.0 Å². The van der Waals surface area contributed by atoms with Gasteiger partial charge >= 0.3 is 6.18 Å². The fourth-order valence-corrected chi connectivity index (χ4v) is 1.76. The predicted octanol–water partition coefficient (Wildman–Crippen LogP) is 3.54. The molecule has 0 aliphatic carbocycles. The minimum Gasteiger partial charge on any atom is -0.326 e. The second kappa shape index (κ2) is 9.60. The number of rotatable bonds is 8. The van der Waals surface area contributed by atoms with Crippen LogP contribution in [0.4, 0.5) is 13.2 Å². The molecule has 0 heterocycles. The Balaban J connectivity index is 4.52. The fraction of sp³-hybridized carbons (Fsp3) is 0.667. The maximum atomic E-state index is 12.5. The normalized spacial score (nSPS) is 15.0. The van der Waals surface area contributed by atoms with Crippen LogP contribution in [-0.4, -0.2) is 25.7 Å². The van der Waals surface area contributed by atoms with Gasteiger partial charge in [0.05, 0.1) is 5.92 Å². The van der Waals surface area contributed by atoms with Gasteiger partial charge in [-0.05, 0) is 45.9 Å². The second-order valence-corrected chi connectivity index (χ2v) is 4.99. The highest BCUT2D eigenvalue weighted by atomic mass is 19.4. The Bertz CT molecular complexity index is 387. The Morgan fingerprint density at radius 3 is 2.38 bits per heavy atom. The molecule has 0 aromatic heterocycles. The summed E-state index contributed by atoms with van der Waals surface area (Å²) >= 11 is 0. The van der Waals surface area contributed by atoms with Crippen LogP contribution in [0.25, 0.3) is 0 Å². The Morgan fingerprint density at radius 2 is 1.90 bits per heavy atom. The SMILES string of the molecule is C/C=C(NC(=O)CCCCNC)\C(C)=C/C(C)C(F)(F)F. The zero-order chi connectivity index (χ0) is 16.5. The van der Waals surface area contributed by atoms with Crippen LogP contribution in [0.3, 0.4) is 0 Å². The highest BCUT2D eigenvalue weighted by Gasteiger charge is 2.34. The second-order valence-electron chi connectivity index (χ2n) is 4.99. The molecule has 0 fully saturated rings. The summed E-state index contributed by atoms with van der Waals surface area (Å²) in [6.45, 7) is 5.19. The van der Waals surface area contributed by atoms with E-state index in [-0.39, 0.29) is 5.91 Å². The molecule has 0 aromatic carbocycles. The summed E-state index contributed by atoms with van der Waals surface area (Å²) in [4.78, 5) is 11.7. The van der Waals surface area contributed by atoms with Crippen molar-refractivity contribution in [2.75, 3.05) is 13.6 Å².